The number of rotatable bonds is 5. The summed E-state index contributed by atoms with van der Waals surface area (Å²) < 4.78 is 6.00. The second-order valence-corrected chi connectivity index (χ2v) is 5.30. The highest BCUT2D eigenvalue weighted by Gasteiger charge is 2.10. The summed E-state index contributed by atoms with van der Waals surface area (Å²) in [6, 6.07) is 12.2. The molecule has 2 rings (SSSR count). The van der Waals surface area contributed by atoms with Gasteiger partial charge in [-0.25, -0.2) is 4.98 Å². The van der Waals surface area contributed by atoms with Crippen molar-refractivity contribution in [3.8, 4) is 11.6 Å². The molecule has 0 spiro atoms. The summed E-state index contributed by atoms with van der Waals surface area (Å²) in [5.41, 5.74) is 3.37. The molecule has 1 aromatic heterocycles. The van der Waals surface area contributed by atoms with Crippen LogP contribution in [0.5, 0.6) is 11.6 Å². The van der Waals surface area contributed by atoms with Crippen LogP contribution in [0, 0.1) is 6.92 Å². The van der Waals surface area contributed by atoms with Gasteiger partial charge in [-0.2, -0.15) is 0 Å². The topological polar surface area (TPSA) is 34.1 Å². The molecule has 0 fully saturated rings. The summed E-state index contributed by atoms with van der Waals surface area (Å²) in [7, 11) is 1.91. The number of pyridine rings is 1. The van der Waals surface area contributed by atoms with Gasteiger partial charge < -0.3 is 10.1 Å². The predicted molar refractivity (Wildman–Crippen MR) is 82.3 cm³/mol. The summed E-state index contributed by atoms with van der Waals surface area (Å²) in [5.74, 6) is 1.96. The van der Waals surface area contributed by atoms with Crippen molar-refractivity contribution in [3.63, 3.8) is 0 Å². The lowest BCUT2D eigenvalue weighted by Gasteiger charge is -2.14. The lowest BCUT2D eigenvalue weighted by molar-refractivity contribution is 0.451. The molecular weight excluding hydrogens is 248 g/mol. The number of benzene rings is 1. The second kappa shape index (κ2) is 6.53. The molecule has 0 aliphatic heterocycles. The van der Waals surface area contributed by atoms with E-state index < -0.39 is 0 Å². The zero-order valence-electron chi connectivity index (χ0n) is 12.6. The first-order valence-electron chi connectivity index (χ1n) is 6.99. The molecule has 0 saturated heterocycles. The summed E-state index contributed by atoms with van der Waals surface area (Å²) >= 11 is 0. The van der Waals surface area contributed by atoms with E-state index in [4.69, 9.17) is 4.74 Å². The normalized spacial score (nSPS) is 10.8. The molecule has 2 aromatic rings. The van der Waals surface area contributed by atoms with Gasteiger partial charge in [0.1, 0.15) is 5.75 Å². The second-order valence-electron chi connectivity index (χ2n) is 5.30. The van der Waals surface area contributed by atoms with E-state index in [0.717, 1.165) is 18.0 Å². The third-order valence-electron chi connectivity index (χ3n) is 3.14. The number of hydrogen-bond donors (Lipinski definition) is 1. The van der Waals surface area contributed by atoms with E-state index in [2.05, 4.69) is 49.3 Å². The molecule has 0 bridgehead atoms. The fraction of sp³-hybridized carbons (Fsp3) is 0.353. The van der Waals surface area contributed by atoms with Gasteiger partial charge in [-0.1, -0.05) is 32.0 Å². The van der Waals surface area contributed by atoms with Crippen molar-refractivity contribution in [2.45, 2.75) is 33.2 Å². The summed E-state index contributed by atoms with van der Waals surface area (Å²) in [6.45, 7) is 7.15. The molecule has 1 heterocycles. The highest BCUT2D eigenvalue weighted by molar-refractivity contribution is 5.41. The SMILES string of the molecule is CNCc1cccc(Oc2cc(C)ccc2C(C)C)n1. The first-order valence-corrected chi connectivity index (χ1v) is 6.99. The molecule has 0 radical (unpaired) electrons. The molecule has 20 heavy (non-hydrogen) atoms. The fourth-order valence-electron chi connectivity index (χ4n) is 2.11. The molecular formula is C17H22N2O. The zero-order chi connectivity index (χ0) is 14.5. The number of nitrogens with zero attached hydrogens (tertiary/aromatic N) is 1. The van der Waals surface area contributed by atoms with Gasteiger partial charge in [-0.15, -0.1) is 0 Å². The van der Waals surface area contributed by atoms with Crippen molar-refractivity contribution in [3.05, 3.63) is 53.2 Å². The third-order valence-corrected chi connectivity index (χ3v) is 3.14. The van der Waals surface area contributed by atoms with Crippen molar-refractivity contribution < 1.29 is 4.74 Å². The van der Waals surface area contributed by atoms with E-state index in [1.54, 1.807) is 0 Å². The molecule has 0 unspecified atom stereocenters. The third kappa shape index (κ3) is 3.58. The minimum absolute atomic E-state index is 0.422. The van der Waals surface area contributed by atoms with Crippen molar-refractivity contribution in [2.75, 3.05) is 7.05 Å². The highest BCUT2D eigenvalue weighted by Crippen LogP contribution is 2.30. The summed E-state index contributed by atoms with van der Waals surface area (Å²) in [4.78, 5) is 4.50. The Bertz CT molecular complexity index is 579. The van der Waals surface area contributed by atoms with E-state index in [0.29, 0.717) is 11.8 Å². The molecule has 0 amide bonds. The van der Waals surface area contributed by atoms with Gasteiger partial charge >= 0.3 is 0 Å². The van der Waals surface area contributed by atoms with E-state index >= 15 is 0 Å². The quantitative estimate of drug-likeness (QED) is 0.891. The molecule has 3 nitrogen and oxygen atoms in total. The number of nitrogens with one attached hydrogen (secondary N) is 1. The van der Waals surface area contributed by atoms with Crippen LogP contribution in [0.2, 0.25) is 0 Å². The average molecular weight is 270 g/mol. The van der Waals surface area contributed by atoms with Crippen LogP contribution in [-0.4, -0.2) is 12.0 Å². The molecule has 1 N–H and O–H groups in total. The van der Waals surface area contributed by atoms with Crippen LogP contribution in [0.4, 0.5) is 0 Å². The predicted octanol–water partition coefficient (Wildman–Crippen LogP) is 4.03. The largest absolute Gasteiger partial charge is 0.439 e. The van der Waals surface area contributed by atoms with Crippen LogP contribution >= 0.6 is 0 Å². The van der Waals surface area contributed by atoms with E-state index in [1.807, 2.05) is 25.2 Å². The van der Waals surface area contributed by atoms with Crippen molar-refractivity contribution in [1.82, 2.24) is 10.3 Å². The van der Waals surface area contributed by atoms with E-state index in [9.17, 15) is 0 Å². The Balaban J connectivity index is 2.29. The number of aromatic nitrogens is 1. The molecule has 0 aliphatic carbocycles. The highest BCUT2D eigenvalue weighted by atomic mass is 16.5. The molecule has 0 atom stereocenters. The lowest BCUT2D eigenvalue weighted by Crippen LogP contribution is -2.07. The Morgan fingerprint density at radius 3 is 2.70 bits per heavy atom. The molecule has 1 aromatic carbocycles. The van der Waals surface area contributed by atoms with Gasteiger partial charge in [0.2, 0.25) is 5.88 Å². The van der Waals surface area contributed by atoms with E-state index in [-0.39, 0.29) is 0 Å². The Labute approximate surface area is 121 Å². The van der Waals surface area contributed by atoms with Gasteiger partial charge in [0.05, 0.1) is 5.69 Å². The Hall–Kier alpha value is -1.87. The summed E-state index contributed by atoms with van der Waals surface area (Å²) in [6.07, 6.45) is 0. The van der Waals surface area contributed by atoms with Crippen LogP contribution in [-0.2, 0) is 6.54 Å². The monoisotopic (exact) mass is 270 g/mol. The first-order chi connectivity index (χ1) is 9.60. The minimum atomic E-state index is 0.422. The van der Waals surface area contributed by atoms with Crippen molar-refractivity contribution >= 4 is 0 Å². The smallest absolute Gasteiger partial charge is 0.219 e. The van der Waals surface area contributed by atoms with Gasteiger partial charge in [-0.05, 0) is 43.1 Å². The molecule has 106 valence electrons. The van der Waals surface area contributed by atoms with Crippen LogP contribution in [0.1, 0.15) is 36.6 Å². The first kappa shape index (κ1) is 14.5. The van der Waals surface area contributed by atoms with Crippen molar-refractivity contribution in [1.29, 1.82) is 0 Å². The van der Waals surface area contributed by atoms with Gasteiger partial charge in [0.15, 0.2) is 0 Å². The van der Waals surface area contributed by atoms with Gasteiger partial charge in [-0.3, -0.25) is 0 Å². The minimum Gasteiger partial charge on any atom is -0.439 e. The average Bonchev–Trinajstić information content (AvgIpc) is 2.39. The molecule has 0 aliphatic rings. The number of hydrogen-bond acceptors (Lipinski definition) is 3. The van der Waals surface area contributed by atoms with Crippen LogP contribution in [0.25, 0.3) is 0 Å². The maximum absolute atomic E-state index is 6.00. The van der Waals surface area contributed by atoms with Crippen LogP contribution < -0.4 is 10.1 Å². The fourth-order valence-corrected chi connectivity index (χ4v) is 2.11. The maximum atomic E-state index is 6.00. The van der Waals surface area contributed by atoms with E-state index in [1.165, 1.54) is 11.1 Å². The Kier molecular flexibility index (Phi) is 4.74. The number of aryl methyl sites for hydroxylation is 1. The number of ether oxygens (including phenoxy) is 1. The molecule has 0 saturated carbocycles. The van der Waals surface area contributed by atoms with Crippen molar-refractivity contribution in [2.24, 2.45) is 0 Å². The van der Waals surface area contributed by atoms with Crippen LogP contribution in [0.15, 0.2) is 36.4 Å². The zero-order valence-corrected chi connectivity index (χ0v) is 12.6. The summed E-state index contributed by atoms with van der Waals surface area (Å²) in [5, 5.41) is 3.10. The Morgan fingerprint density at radius 1 is 1.20 bits per heavy atom. The Morgan fingerprint density at radius 2 is 2.00 bits per heavy atom. The maximum Gasteiger partial charge on any atom is 0.219 e. The lowest BCUT2D eigenvalue weighted by atomic mass is 10.0. The van der Waals surface area contributed by atoms with Crippen LogP contribution in [0.3, 0.4) is 0 Å². The molecule has 3 heteroatoms. The van der Waals surface area contributed by atoms with Gasteiger partial charge in [0.25, 0.3) is 0 Å². The van der Waals surface area contributed by atoms with Gasteiger partial charge in [0, 0.05) is 12.6 Å². The standard InChI is InChI=1S/C17H22N2O/c1-12(2)15-9-8-13(3)10-16(15)20-17-7-5-6-14(19-17)11-18-4/h5-10,12,18H,11H2,1-4H3.